The van der Waals surface area contributed by atoms with Crippen molar-refractivity contribution in [2.45, 2.75) is 39.2 Å². The maximum absolute atomic E-state index is 5.73. The Morgan fingerprint density at radius 1 is 1.54 bits per heavy atom. The van der Waals surface area contributed by atoms with Crippen LogP contribution in [0.2, 0.25) is 0 Å². The van der Waals surface area contributed by atoms with Crippen LogP contribution in [0.25, 0.3) is 0 Å². The third-order valence-corrected chi connectivity index (χ3v) is 2.36. The van der Waals surface area contributed by atoms with Gasteiger partial charge in [-0.05, 0) is 44.3 Å². The van der Waals surface area contributed by atoms with Crippen molar-refractivity contribution < 1.29 is 0 Å². The van der Waals surface area contributed by atoms with Gasteiger partial charge in [-0.25, -0.2) is 0 Å². The Morgan fingerprint density at radius 2 is 2.31 bits per heavy atom. The second-order valence-electron chi connectivity index (χ2n) is 3.76. The van der Waals surface area contributed by atoms with E-state index in [-0.39, 0.29) is 0 Å². The lowest BCUT2D eigenvalue weighted by molar-refractivity contribution is 0.664. The predicted molar refractivity (Wildman–Crippen MR) is 58.5 cm³/mol. The minimum absolute atomic E-state index is 0.310. The molecule has 0 bridgehead atoms. The van der Waals surface area contributed by atoms with Gasteiger partial charge in [0.05, 0.1) is 0 Å². The first-order chi connectivity index (χ1) is 6.20. The highest BCUT2D eigenvalue weighted by molar-refractivity contribution is 5.34. The van der Waals surface area contributed by atoms with Gasteiger partial charge >= 0.3 is 0 Å². The second-order valence-corrected chi connectivity index (χ2v) is 3.76. The Hall–Kier alpha value is -0.820. The molecule has 1 heteroatoms. The summed E-state index contributed by atoms with van der Waals surface area (Å²) in [6.45, 7) is 4.23. The van der Waals surface area contributed by atoms with Crippen LogP contribution in [0.15, 0.2) is 35.5 Å². The molecule has 1 atom stereocenters. The van der Waals surface area contributed by atoms with Gasteiger partial charge in [0.25, 0.3) is 0 Å². The summed E-state index contributed by atoms with van der Waals surface area (Å²) in [4.78, 5) is 0. The molecule has 0 aliphatic heterocycles. The first-order valence-corrected chi connectivity index (χ1v) is 4.98. The summed E-state index contributed by atoms with van der Waals surface area (Å²) < 4.78 is 0. The van der Waals surface area contributed by atoms with Gasteiger partial charge in [-0.15, -0.1) is 0 Å². The number of hydrogen-bond acceptors (Lipinski definition) is 1. The van der Waals surface area contributed by atoms with E-state index in [1.807, 2.05) is 0 Å². The summed E-state index contributed by atoms with van der Waals surface area (Å²) in [5, 5.41) is 0. The maximum Gasteiger partial charge on any atom is 0.00136 e. The molecule has 0 aromatic rings. The minimum Gasteiger partial charge on any atom is -0.328 e. The van der Waals surface area contributed by atoms with Crippen molar-refractivity contribution in [3.05, 3.63) is 35.5 Å². The van der Waals surface area contributed by atoms with Crippen LogP contribution in [0.3, 0.4) is 0 Å². The third kappa shape index (κ3) is 3.60. The lowest BCUT2D eigenvalue weighted by atomic mass is 10.00. The van der Waals surface area contributed by atoms with E-state index >= 15 is 0 Å². The van der Waals surface area contributed by atoms with Crippen LogP contribution in [0.4, 0.5) is 0 Å². The van der Waals surface area contributed by atoms with Crippen molar-refractivity contribution in [3.8, 4) is 0 Å². The van der Waals surface area contributed by atoms with Crippen LogP contribution in [0, 0.1) is 0 Å². The molecule has 72 valence electrons. The van der Waals surface area contributed by atoms with Gasteiger partial charge in [0.1, 0.15) is 0 Å². The van der Waals surface area contributed by atoms with Gasteiger partial charge in [0, 0.05) is 6.04 Å². The molecule has 1 aliphatic rings. The quantitative estimate of drug-likeness (QED) is 0.704. The molecule has 0 radical (unpaired) electrons. The molecule has 1 aliphatic carbocycles. The minimum atomic E-state index is 0.310. The van der Waals surface area contributed by atoms with Crippen molar-refractivity contribution in [2.24, 2.45) is 5.73 Å². The van der Waals surface area contributed by atoms with E-state index in [1.165, 1.54) is 11.1 Å². The summed E-state index contributed by atoms with van der Waals surface area (Å²) in [6.07, 6.45) is 12.0. The SMILES string of the molecule is CC1=CC=CCC=C1CCC(C)N. The molecule has 0 spiro atoms. The van der Waals surface area contributed by atoms with Crippen LogP contribution in [-0.4, -0.2) is 6.04 Å². The number of hydrogen-bond donors (Lipinski definition) is 1. The average Bonchev–Trinajstić information content (AvgIpc) is 2.27. The van der Waals surface area contributed by atoms with Crippen molar-refractivity contribution in [1.29, 1.82) is 0 Å². The molecule has 0 aromatic heterocycles. The monoisotopic (exact) mass is 177 g/mol. The molecule has 13 heavy (non-hydrogen) atoms. The predicted octanol–water partition coefficient (Wildman–Crippen LogP) is 2.95. The zero-order chi connectivity index (χ0) is 9.68. The topological polar surface area (TPSA) is 26.0 Å². The number of rotatable bonds is 3. The smallest absolute Gasteiger partial charge is 0.00136 e. The molecular formula is C12H19N. The zero-order valence-corrected chi connectivity index (χ0v) is 8.59. The first kappa shape index (κ1) is 10.3. The fourth-order valence-corrected chi connectivity index (χ4v) is 1.45. The summed E-state index contributed by atoms with van der Waals surface area (Å²) in [6, 6.07) is 0.310. The van der Waals surface area contributed by atoms with Crippen LogP contribution in [0.1, 0.15) is 33.1 Å². The summed E-state index contributed by atoms with van der Waals surface area (Å²) >= 11 is 0. The Labute approximate surface area is 81.0 Å². The van der Waals surface area contributed by atoms with E-state index in [0.29, 0.717) is 6.04 Å². The van der Waals surface area contributed by atoms with Gasteiger partial charge in [-0.2, -0.15) is 0 Å². The van der Waals surface area contributed by atoms with Crippen molar-refractivity contribution >= 4 is 0 Å². The molecule has 2 N–H and O–H groups in total. The number of allylic oxidation sites excluding steroid dienone is 6. The van der Waals surface area contributed by atoms with Gasteiger partial charge in [0.2, 0.25) is 0 Å². The highest BCUT2D eigenvalue weighted by Crippen LogP contribution is 2.19. The van der Waals surface area contributed by atoms with Crippen LogP contribution < -0.4 is 5.73 Å². The Morgan fingerprint density at radius 3 is 3.00 bits per heavy atom. The molecule has 0 aromatic carbocycles. The molecule has 1 nitrogen and oxygen atoms in total. The third-order valence-electron chi connectivity index (χ3n) is 2.36. The van der Waals surface area contributed by atoms with Crippen LogP contribution in [0.5, 0.6) is 0 Å². The normalized spacial score (nSPS) is 19.0. The van der Waals surface area contributed by atoms with Gasteiger partial charge in [-0.3, -0.25) is 0 Å². The average molecular weight is 177 g/mol. The fourth-order valence-electron chi connectivity index (χ4n) is 1.45. The van der Waals surface area contributed by atoms with E-state index in [4.69, 9.17) is 5.73 Å². The van der Waals surface area contributed by atoms with E-state index in [0.717, 1.165) is 19.3 Å². The highest BCUT2D eigenvalue weighted by atomic mass is 14.6. The summed E-state index contributed by atoms with van der Waals surface area (Å²) in [5.41, 5.74) is 8.58. The summed E-state index contributed by atoms with van der Waals surface area (Å²) in [7, 11) is 0. The lowest BCUT2D eigenvalue weighted by Gasteiger charge is -2.08. The van der Waals surface area contributed by atoms with Gasteiger partial charge < -0.3 is 5.73 Å². The number of nitrogens with two attached hydrogens (primary N) is 1. The lowest BCUT2D eigenvalue weighted by Crippen LogP contribution is -2.14. The van der Waals surface area contributed by atoms with Crippen LogP contribution >= 0.6 is 0 Å². The van der Waals surface area contributed by atoms with E-state index < -0.39 is 0 Å². The van der Waals surface area contributed by atoms with Gasteiger partial charge in [-0.1, -0.05) is 24.3 Å². The standard InChI is InChI=1S/C12H19N/c1-10-6-4-3-5-7-12(10)9-8-11(2)13/h3-4,6-7,11H,5,8-9,13H2,1-2H3. The van der Waals surface area contributed by atoms with E-state index in [2.05, 4.69) is 38.2 Å². The second kappa shape index (κ2) is 5.03. The molecule has 0 fully saturated rings. The highest BCUT2D eigenvalue weighted by Gasteiger charge is 2.02. The molecule has 0 saturated heterocycles. The molecule has 1 rings (SSSR count). The Kier molecular flexibility index (Phi) is 3.97. The Bertz CT molecular complexity index is 244. The molecule has 0 amide bonds. The summed E-state index contributed by atoms with van der Waals surface area (Å²) in [5.74, 6) is 0. The van der Waals surface area contributed by atoms with Crippen molar-refractivity contribution in [2.75, 3.05) is 0 Å². The molecule has 1 unspecified atom stereocenters. The first-order valence-electron chi connectivity index (χ1n) is 4.98. The van der Waals surface area contributed by atoms with E-state index in [9.17, 15) is 0 Å². The Balaban J connectivity index is 2.53. The fraction of sp³-hybridized carbons (Fsp3) is 0.500. The largest absolute Gasteiger partial charge is 0.328 e. The maximum atomic E-state index is 5.73. The zero-order valence-electron chi connectivity index (χ0n) is 8.59. The van der Waals surface area contributed by atoms with Crippen molar-refractivity contribution in [3.63, 3.8) is 0 Å². The van der Waals surface area contributed by atoms with Gasteiger partial charge in [0.15, 0.2) is 0 Å². The molecule has 0 saturated carbocycles. The van der Waals surface area contributed by atoms with Crippen LogP contribution in [-0.2, 0) is 0 Å². The molecule has 0 heterocycles. The van der Waals surface area contributed by atoms with E-state index in [1.54, 1.807) is 0 Å². The van der Waals surface area contributed by atoms with Crippen molar-refractivity contribution in [1.82, 2.24) is 0 Å². The molecular weight excluding hydrogens is 158 g/mol.